The van der Waals surface area contributed by atoms with Crippen molar-refractivity contribution >= 4 is 21.6 Å². The highest BCUT2D eigenvalue weighted by atomic mass is 35.5. The number of hydrogen-bond acceptors (Lipinski definition) is 4. The molecule has 7 heteroatoms. The minimum atomic E-state index is -3.61. The number of aromatic nitrogens is 1. The molecule has 0 aliphatic heterocycles. The van der Waals surface area contributed by atoms with Gasteiger partial charge in [0.25, 0.3) is 0 Å². The summed E-state index contributed by atoms with van der Waals surface area (Å²) in [5.74, 6) is 0.676. The number of nitrogens with zero attached hydrogens (tertiary/aromatic N) is 1. The van der Waals surface area contributed by atoms with Crippen LogP contribution in [0.5, 0.6) is 5.75 Å². The highest BCUT2D eigenvalue weighted by molar-refractivity contribution is 7.89. The zero-order valence-electron chi connectivity index (χ0n) is 10.7. The molecule has 0 aliphatic carbocycles. The average molecular weight is 313 g/mol. The topological polar surface area (TPSA) is 68.3 Å². The second-order valence-corrected chi connectivity index (χ2v) is 6.15. The lowest BCUT2D eigenvalue weighted by atomic mass is 10.2. The standard InChI is InChI=1S/C13H13ClN2O3S/c1-19-11-4-2-3-10(7-11)8-16-20(17,18)12-5-6-13(14)15-9-12/h2-7,9,16H,8H2,1H3. The molecule has 0 unspecified atom stereocenters. The van der Waals surface area contributed by atoms with E-state index in [0.717, 1.165) is 5.56 Å². The fourth-order valence-corrected chi connectivity index (χ4v) is 2.64. The van der Waals surface area contributed by atoms with E-state index in [9.17, 15) is 8.42 Å². The Balaban J connectivity index is 2.10. The van der Waals surface area contributed by atoms with Crippen LogP contribution in [0.2, 0.25) is 5.15 Å². The van der Waals surface area contributed by atoms with E-state index >= 15 is 0 Å². The lowest BCUT2D eigenvalue weighted by Gasteiger charge is -2.07. The number of nitrogens with one attached hydrogen (secondary N) is 1. The fourth-order valence-electron chi connectivity index (χ4n) is 1.57. The molecule has 0 radical (unpaired) electrons. The summed E-state index contributed by atoms with van der Waals surface area (Å²) in [5, 5.41) is 0.247. The van der Waals surface area contributed by atoms with E-state index in [1.54, 1.807) is 25.3 Å². The molecule has 5 nitrogen and oxygen atoms in total. The van der Waals surface area contributed by atoms with Crippen LogP contribution < -0.4 is 9.46 Å². The Morgan fingerprint density at radius 2 is 2.10 bits per heavy atom. The van der Waals surface area contributed by atoms with Crippen molar-refractivity contribution in [1.29, 1.82) is 0 Å². The molecule has 0 bridgehead atoms. The third kappa shape index (κ3) is 3.69. The third-order valence-corrected chi connectivity index (χ3v) is 4.22. The van der Waals surface area contributed by atoms with E-state index < -0.39 is 10.0 Å². The Hall–Kier alpha value is -1.63. The second-order valence-electron chi connectivity index (χ2n) is 3.99. The van der Waals surface area contributed by atoms with Crippen molar-refractivity contribution in [3.05, 3.63) is 53.3 Å². The van der Waals surface area contributed by atoms with Crippen LogP contribution in [0.15, 0.2) is 47.5 Å². The quantitative estimate of drug-likeness (QED) is 0.860. The van der Waals surface area contributed by atoms with Gasteiger partial charge in [-0.1, -0.05) is 23.7 Å². The summed E-state index contributed by atoms with van der Waals surface area (Å²) in [7, 11) is -2.05. The molecule has 1 N–H and O–H groups in total. The van der Waals surface area contributed by atoms with Crippen molar-refractivity contribution in [2.24, 2.45) is 0 Å². The van der Waals surface area contributed by atoms with E-state index in [4.69, 9.17) is 16.3 Å². The van der Waals surface area contributed by atoms with Crippen molar-refractivity contribution in [3.8, 4) is 5.75 Å². The molecule has 1 aromatic carbocycles. The van der Waals surface area contributed by atoms with Crippen LogP contribution in [0.25, 0.3) is 0 Å². The van der Waals surface area contributed by atoms with Crippen LogP contribution in [0, 0.1) is 0 Å². The molecule has 1 aromatic heterocycles. The number of pyridine rings is 1. The summed E-state index contributed by atoms with van der Waals surface area (Å²) in [6.45, 7) is 0.169. The summed E-state index contributed by atoms with van der Waals surface area (Å²) >= 11 is 5.63. The number of benzene rings is 1. The Kier molecular flexibility index (Phi) is 4.59. The van der Waals surface area contributed by atoms with Crippen LogP contribution >= 0.6 is 11.6 Å². The highest BCUT2D eigenvalue weighted by Gasteiger charge is 2.14. The maximum absolute atomic E-state index is 12.0. The van der Waals surface area contributed by atoms with E-state index in [0.29, 0.717) is 5.75 Å². The SMILES string of the molecule is COc1cccc(CNS(=O)(=O)c2ccc(Cl)nc2)c1. The molecule has 0 atom stereocenters. The zero-order valence-corrected chi connectivity index (χ0v) is 12.3. The minimum absolute atomic E-state index is 0.0739. The van der Waals surface area contributed by atoms with Gasteiger partial charge in [-0.15, -0.1) is 0 Å². The van der Waals surface area contributed by atoms with Crippen molar-refractivity contribution < 1.29 is 13.2 Å². The fraction of sp³-hybridized carbons (Fsp3) is 0.154. The summed E-state index contributed by atoms with van der Waals surface area (Å²) in [6.07, 6.45) is 1.22. The second kappa shape index (κ2) is 6.21. The van der Waals surface area contributed by atoms with Crippen LogP contribution in [0.3, 0.4) is 0 Å². The van der Waals surface area contributed by atoms with Crippen LogP contribution in [0.4, 0.5) is 0 Å². The molecule has 2 aromatic rings. The van der Waals surface area contributed by atoms with Gasteiger partial charge in [0, 0.05) is 12.7 Å². The Morgan fingerprint density at radius 3 is 2.75 bits per heavy atom. The number of sulfonamides is 1. The van der Waals surface area contributed by atoms with Gasteiger partial charge >= 0.3 is 0 Å². The summed E-state index contributed by atoms with van der Waals surface area (Å²) in [5.41, 5.74) is 0.801. The van der Waals surface area contributed by atoms with E-state index in [-0.39, 0.29) is 16.6 Å². The number of hydrogen-bond donors (Lipinski definition) is 1. The molecule has 0 aliphatic rings. The van der Waals surface area contributed by atoms with Gasteiger partial charge in [-0.3, -0.25) is 0 Å². The Bertz CT molecular complexity index is 687. The van der Waals surface area contributed by atoms with Gasteiger partial charge < -0.3 is 4.74 Å². The monoisotopic (exact) mass is 312 g/mol. The molecular formula is C13H13ClN2O3S. The average Bonchev–Trinajstić information content (AvgIpc) is 2.46. The zero-order chi connectivity index (χ0) is 14.6. The molecule has 0 amide bonds. The Labute approximate surface area is 122 Å². The van der Waals surface area contributed by atoms with Gasteiger partial charge in [-0.2, -0.15) is 0 Å². The van der Waals surface area contributed by atoms with Crippen LogP contribution in [0.1, 0.15) is 5.56 Å². The first-order chi connectivity index (χ1) is 9.51. The summed E-state index contributed by atoms with van der Waals surface area (Å²) in [6, 6.07) is 10.0. The first-order valence-corrected chi connectivity index (χ1v) is 7.61. The normalized spacial score (nSPS) is 11.3. The molecule has 0 spiro atoms. The van der Waals surface area contributed by atoms with Gasteiger partial charge in [-0.25, -0.2) is 18.1 Å². The van der Waals surface area contributed by atoms with Gasteiger partial charge in [0.1, 0.15) is 15.8 Å². The molecule has 0 fully saturated rings. The molecule has 1 heterocycles. The molecule has 20 heavy (non-hydrogen) atoms. The lowest BCUT2D eigenvalue weighted by Crippen LogP contribution is -2.23. The summed E-state index contributed by atoms with van der Waals surface area (Å²) < 4.78 is 31.7. The third-order valence-electron chi connectivity index (χ3n) is 2.61. The highest BCUT2D eigenvalue weighted by Crippen LogP contribution is 2.14. The number of halogens is 1. The molecule has 2 rings (SSSR count). The molecule has 0 saturated heterocycles. The van der Waals surface area contributed by atoms with Crippen molar-refractivity contribution in [2.75, 3.05) is 7.11 Å². The minimum Gasteiger partial charge on any atom is -0.497 e. The molecular weight excluding hydrogens is 300 g/mol. The van der Waals surface area contributed by atoms with E-state index in [1.165, 1.54) is 18.3 Å². The number of rotatable bonds is 5. The smallest absolute Gasteiger partial charge is 0.242 e. The number of methoxy groups -OCH3 is 1. The summed E-state index contributed by atoms with van der Waals surface area (Å²) in [4.78, 5) is 3.83. The van der Waals surface area contributed by atoms with Crippen LogP contribution in [-0.2, 0) is 16.6 Å². The van der Waals surface area contributed by atoms with E-state index in [2.05, 4.69) is 9.71 Å². The largest absolute Gasteiger partial charge is 0.497 e. The van der Waals surface area contributed by atoms with Gasteiger partial charge in [-0.05, 0) is 29.8 Å². The lowest BCUT2D eigenvalue weighted by molar-refractivity contribution is 0.414. The van der Waals surface area contributed by atoms with Crippen LogP contribution in [-0.4, -0.2) is 20.5 Å². The first kappa shape index (κ1) is 14.8. The van der Waals surface area contributed by atoms with Gasteiger partial charge in [0.15, 0.2) is 0 Å². The predicted octanol–water partition coefficient (Wildman–Crippen LogP) is 2.22. The maximum atomic E-state index is 12.0. The van der Waals surface area contributed by atoms with Gasteiger partial charge in [0.2, 0.25) is 10.0 Å². The molecule has 0 saturated carbocycles. The van der Waals surface area contributed by atoms with Crippen molar-refractivity contribution in [3.63, 3.8) is 0 Å². The van der Waals surface area contributed by atoms with E-state index in [1.807, 2.05) is 6.07 Å². The number of ether oxygens (including phenoxy) is 1. The van der Waals surface area contributed by atoms with Gasteiger partial charge in [0.05, 0.1) is 7.11 Å². The van der Waals surface area contributed by atoms with Crippen molar-refractivity contribution in [1.82, 2.24) is 9.71 Å². The molecule has 106 valence electrons. The first-order valence-electron chi connectivity index (χ1n) is 5.75. The Morgan fingerprint density at radius 1 is 1.30 bits per heavy atom. The predicted molar refractivity (Wildman–Crippen MR) is 76.3 cm³/mol. The maximum Gasteiger partial charge on any atom is 0.242 e. The van der Waals surface area contributed by atoms with Crippen molar-refractivity contribution in [2.45, 2.75) is 11.4 Å².